The van der Waals surface area contributed by atoms with Crippen molar-refractivity contribution in [2.45, 2.75) is 36.7 Å². The topological polar surface area (TPSA) is 147 Å². The molecular weight excluding hydrogens is 462 g/mol. The van der Waals surface area contributed by atoms with Crippen molar-refractivity contribution in [2.24, 2.45) is 0 Å². The first-order chi connectivity index (χ1) is 15.9. The average molecular weight is 484 g/mol. The van der Waals surface area contributed by atoms with Gasteiger partial charge in [0.25, 0.3) is 23.6 Å². The van der Waals surface area contributed by atoms with Crippen LogP contribution in [0.2, 0.25) is 0 Å². The number of hydrogen-bond acceptors (Lipinski definition) is 7. The van der Waals surface area contributed by atoms with Crippen molar-refractivity contribution in [1.82, 2.24) is 15.5 Å². The summed E-state index contributed by atoms with van der Waals surface area (Å²) in [4.78, 5) is 63.4. The SMILES string of the molecule is C[C@]1(N2C(=O)c3ccc(CNC(=O)c4ccc(S(C)(=O)=O)cc4)cc3C2=O)CCC(=O)NC1=O. The number of carbonyl (C=O) groups excluding carboxylic acids is 5. The standard InChI is InChI=1S/C23H21N3O7S/c1-23(10-9-18(27)25-22(23)31)26-20(29)16-8-3-13(11-17(16)21(26)30)12-24-19(28)14-4-6-15(7-5-14)34(2,32)33/h3-8,11H,9-10,12H2,1-2H3,(H,24,28)(H,25,27,31)/t23-/m0/s1. The first kappa shape index (κ1) is 23.3. The second-order valence-corrected chi connectivity index (χ2v) is 10.5. The molecule has 1 atom stereocenters. The molecule has 0 aromatic heterocycles. The van der Waals surface area contributed by atoms with E-state index >= 15 is 0 Å². The lowest BCUT2D eigenvalue weighted by molar-refractivity contribution is -0.140. The molecule has 2 aromatic carbocycles. The summed E-state index contributed by atoms with van der Waals surface area (Å²) >= 11 is 0. The van der Waals surface area contributed by atoms with Crippen LogP contribution in [0.4, 0.5) is 0 Å². The molecule has 10 nitrogen and oxygen atoms in total. The minimum absolute atomic E-state index is 0.0120. The molecule has 0 spiro atoms. The number of benzene rings is 2. The maximum atomic E-state index is 13.1. The van der Waals surface area contributed by atoms with Crippen molar-refractivity contribution < 1.29 is 32.4 Å². The monoisotopic (exact) mass is 483 g/mol. The molecule has 1 fully saturated rings. The predicted molar refractivity (Wildman–Crippen MR) is 118 cm³/mol. The molecule has 2 aliphatic heterocycles. The summed E-state index contributed by atoms with van der Waals surface area (Å²) in [7, 11) is -3.38. The first-order valence-electron chi connectivity index (χ1n) is 10.4. The lowest BCUT2D eigenvalue weighted by atomic mass is 9.89. The zero-order valence-corrected chi connectivity index (χ0v) is 19.2. The quantitative estimate of drug-likeness (QED) is 0.598. The number of sulfone groups is 1. The Hall–Kier alpha value is -3.86. The molecule has 2 aromatic rings. The number of carbonyl (C=O) groups is 5. The van der Waals surface area contributed by atoms with Crippen LogP contribution in [-0.4, -0.2) is 54.6 Å². The molecule has 0 saturated carbocycles. The highest BCUT2D eigenvalue weighted by molar-refractivity contribution is 7.90. The Labute approximate surface area is 195 Å². The summed E-state index contributed by atoms with van der Waals surface area (Å²) in [5.41, 5.74) is -0.413. The summed E-state index contributed by atoms with van der Waals surface area (Å²) in [6, 6.07) is 10.0. The van der Waals surface area contributed by atoms with E-state index in [1.54, 1.807) is 6.07 Å². The van der Waals surface area contributed by atoms with Gasteiger partial charge in [0.15, 0.2) is 9.84 Å². The van der Waals surface area contributed by atoms with E-state index in [1.165, 1.54) is 43.3 Å². The molecule has 34 heavy (non-hydrogen) atoms. The smallest absolute Gasteiger partial charge is 0.262 e. The van der Waals surface area contributed by atoms with Crippen LogP contribution >= 0.6 is 0 Å². The Morgan fingerprint density at radius 2 is 1.68 bits per heavy atom. The highest BCUT2D eigenvalue weighted by atomic mass is 32.2. The Morgan fingerprint density at radius 1 is 1.03 bits per heavy atom. The largest absolute Gasteiger partial charge is 0.348 e. The van der Waals surface area contributed by atoms with Crippen LogP contribution in [0.3, 0.4) is 0 Å². The number of imide groups is 2. The highest BCUT2D eigenvalue weighted by Crippen LogP contribution is 2.34. The fraction of sp³-hybridized carbons (Fsp3) is 0.261. The minimum Gasteiger partial charge on any atom is -0.348 e. The van der Waals surface area contributed by atoms with Crippen LogP contribution in [0.15, 0.2) is 47.4 Å². The van der Waals surface area contributed by atoms with Crippen molar-refractivity contribution in [3.05, 3.63) is 64.7 Å². The van der Waals surface area contributed by atoms with E-state index in [-0.39, 0.29) is 41.0 Å². The number of fused-ring (bicyclic) bond motifs is 1. The van der Waals surface area contributed by atoms with E-state index < -0.39 is 44.9 Å². The lowest BCUT2D eigenvalue weighted by Crippen LogP contribution is -2.62. The Kier molecular flexibility index (Phi) is 5.60. The number of nitrogens with zero attached hydrogens (tertiary/aromatic N) is 1. The maximum Gasteiger partial charge on any atom is 0.262 e. The number of rotatable bonds is 5. The van der Waals surface area contributed by atoms with Gasteiger partial charge in [-0.25, -0.2) is 8.42 Å². The van der Waals surface area contributed by atoms with Gasteiger partial charge in [-0.15, -0.1) is 0 Å². The Balaban J connectivity index is 1.50. The zero-order chi connectivity index (χ0) is 24.8. The van der Waals surface area contributed by atoms with E-state index in [0.29, 0.717) is 5.56 Å². The summed E-state index contributed by atoms with van der Waals surface area (Å²) in [6.45, 7) is 1.50. The van der Waals surface area contributed by atoms with Gasteiger partial charge < -0.3 is 5.32 Å². The molecule has 0 bridgehead atoms. The number of hydrogen-bond donors (Lipinski definition) is 2. The molecular formula is C23H21N3O7S. The highest BCUT2D eigenvalue weighted by Gasteiger charge is 2.52. The van der Waals surface area contributed by atoms with Gasteiger partial charge in [-0.3, -0.25) is 34.2 Å². The van der Waals surface area contributed by atoms with E-state index in [2.05, 4.69) is 10.6 Å². The molecule has 11 heteroatoms. The van der Waals surface area contributed by atoms with E-state index in [1.807, 2.05) is 0 Å². The molecule has 1 saturated heterocycles. The fourth-order valence-electron chi connectivity index (χ4n) is 3.99. The average Bonchev–Trinajstić information content (AvgIpc) is 3.04. The molecule has 176 valence electrons. The molecule has 4 rings (SSSR count). The summed E-state index contributed by atoms with van der Waals surface area (Å²) in [6.07, 6.45) is 1.12. The van der Waals surface area contributed by atoms with Crippen LogP contribution in [0, 0.1) is 0 Å². The van der Waals surface area contributed by atoms with E-state index in [0.717, 1.165) is 11.2 Å². The van der Waals surface area contributed by atoms with E-state index in [4.69, 9.17) is 0 Å². The lowest BCUT2D eigenvalue weighted by Gasteiger charge is -2.38. The van der Waals surface area contributed by atoms with Gasteiger partial charge in [-0.1, -0.05) is 6.07 Å². The third-order valence-electron chi connectivity index (χ3n) is 6.02. The molecule has 2 N–H and O–H groups in total. The first-order valence-corrected chi connectivity index (χ1v) is 12.3. The normalized spacial score (nSPS) is 20.2. The number of piperidine rings is 1. The van der Waals surface area contributed by atoms with Gasteiger partial charge in [0.1, 0.15) is 5.54 Å². The molecule has 0 unspecified atom stereocenters. The van der Waals surface area contributed by atoms with Gasteiger partial charge in [-0.2, -0.15) is 0 Å². The summed E-state index contributed by atoms with van der Waals surface area (Å²) in [5.74, 6) is -2.86. The Bertz CT molecular complexity index is 1370. The molecule has 0 radical (unpaired) electrons. The summed E-state index contributed by atoms with van der Waals surface area (Å²) < 4.78 is 23.1. The number of amides is 5. The van der Waals surface area contributed by atoms with Crippen LogP contribution in [0.25, 0.3) is 0 Å². The zero-order valence-electron chi connectivity index (χ0n) is 18.4. The second kappa shape index (κ2) is 8.17. The van der Waals surface area contributed by atoms with Gasteiger partial charge in [0, 0.05) is 24.8 Å². The van der Waals surface area contributed by atoms with Gasteiger partial charge in [0.05, 0.1) is 16.0 Å². The Morgan fingerprint density at radius 3 is 2.29 bits per heavy atom. The van der Waals surface area contributed by atoms with E-state index in [9.17, 15) is 32.4 Å². The van der Waals surface area contributed by atoms with Crippen molar-refractivity contribution in [3.8, 4) is 0 Å². The molecule has 2 aliphatic rings. The van der Waals surface area contributed by atoms with Gasteiger partial charge in [0.2, 0.25) is 5.91 Å². The maximum absolute atomic E-state index is 13.1. The molecule has 2 heterocycles. The van der Waals surface area contributed by atoms with Crippen LogP contribution in [-0.2, 0) is 26.0 Å². The van der Waals surface area contributed by atoms with Crippen LogP contribution < -0.4 is 10.6 Å². The van der Waals surface area contributed by atoms with Crippen molar-refractivity contribution in [1.29, 1.82) is 0 Å². The fourth-order valence-corrected chi connectivity index (χ4v) is 4.62. The molecule has 0 aliphatic carbocycles. The van der Waals surface area contributed by atoms with Crippen molar-refractivity contribution >= 4 is 39.4 Å². The van der Waals surface area contributed by atoms with Crippen molar-refractivity contribution in [3.63, 3.8) is 0 Å². The third-order valence-corrected chi connectivity index (χ3v) is 7.15. The molecule has 5 amide bonds. The second-order valence-electron chi connectivity index (χ2n) is 8.46. The van der Waals surface area contributed by atoms with Crippen LogP contribution in [0.5, 0.6) is 0 Å². The van der Waals surface area contributed by atoms with Crippen LogP contribution in [0.1, 0.15) is 56.4 Å². The van der Waals surface area contributed by atoms with Gasteiger partial charge in [-0.05, 0) is 55.3 Å². The van der Waals surface area contributed by atoms with Gasteiger partial charge >= 0.3 is 0 Å². The summed E-state index contributed by atoms with van der Waals surface area (Å²) in [5, 5.41) is 4.87. The number of nitrogens with one attached hydrogen (secondary N) is 2. The third kappa shape index (κ3) is 3.98. The minimum atomic E-state index is -3.38. The predicted octanol–water partition coefficient (Wildman–Crippen LogP) is 0.811. The van der Waals surface area contributed by atoms with Crippen molar-refractivity contribution in [2.75, 3.05) is 6.26 Å².